The number of hydrogen-bond donors (Lipinski definition) is 8. The number of likely N-dealkylation sites (N-methyl/N-ethyl adjacent to an activating group) is 1. The monoisotopic (exact) mass is 2080 g/mol. The van der Waals surface area contributed by atoms with Crippen molar-refractivity contribution in [2.75, 3.05) is 251 Å². The van der Waals surface area contributed by atoms with Crippen molar-refractivity contribution in [3.63, 3.8) is 0 Å². The molecule has 8 N–H and O–H groups in total. The molecule has 0 aromatic heterocycles. The summed E-state index contributed by atoms with van der Waals surface area (Å²) in [6, 6.07) is 33.4. The molecule has 4 aromatic carbocycles. The van der Waals surface area contributed by atoms with Crippen molar-refractivity contribution in [1.82, 2.24) is 85.4 Å². The second-order valence-corrected chi connectivity index (χ2v) is 52.2. The number of cyclic esters (lactones) is 1. The van der Waals surface area contributed by atoms with Crippen molar-refractivity contribution in [3.05, 3.63) is 125 Å². The van der Waals surface area contributed by atoms with Gasteiger partial charge in [-0.25, -0.2) is 0 Å². The molecule has 1 amide bonds. The lowest BCUT2D eigenvalue weighted by Gasteiger charge is -2.42. The number of rotatable bonds is 25. The van der Waals surface area contributed by atoms with Crippen LogP contribution in [0, 0.1) is 21.7 Å². The number of phenolic OH excluding ortho intramolecular Hbond substituents is 3. The molecule has 12 rings (SSSR count). The molecule has 8 heterocycles. The van der Waals surface area contributed by atoms with E-state index < -0.39 is 0 Å². The smallest absolute Gasteiger partial charge is 0.319 e. The van der Waals surface area contributed by atoms with Gasteiger partial charge in [0.1, 0.15) is 23.4 Å². The maximum atomic E-state index is 11.6. The minimum atomic E-state index is -0.182. The highest BCUT2D eigenvalue weighted by Gasteiger charge is 2.34. The summed E-state index contributed by atoms with van der Waals surface area (Å²) in [7, 11) is 6.49. The SMILES string of the molecule is CC(C)(C)CC1CCC(=O)O1.CC(C)(C)CCNCc1ccc(O)cc1.CC(C)(C)CCNCc1cccc(O)c1.CC(C)(C)CCNCc1ccccc1O.CC(C)(C)N1CCN(CCN2CCOCC2)CC1.CC(C)(C)N1CCN(Cc2ccccc2)CC1.CC(C)(C)N1CCNCC1.CN(C)C(=O)CN1CCN(C(C)(C)C)CC1.COC(=O)CN1CCN(C(C)(C)C)CC1.COC(=O)CNC1CCN(C(C)(C)C)CC1. The number of nitrogens with zero attached hydrogens (tertiary/aromatic N) is 12. The summed E-state index contributed by atoms with van der Waals surface area (Å²) >= 11 is 0. The number of nitrogens with one attached hydrogen (secondary N) is 5. The van der Waals surface area contributed by atoms with E-state index >= 15 is 0 Å². The molecule has 28 heteroatoms. The highest BCUT2D eigenvalue weighted by Crippen LogP contribution is 2.30. The summed E-state index contributed by atoms with van der Waals surface area (Å²) in [5, 5.41) is 44.6. The van der Waals surface area contributed by atoms with E-state index in [1.807, 2.05) is 56.6 Å². The normalized spacial score (nSPS) is 18.7. The van der Waals surface area contributed by atoms with Crippen LogP contribution in [0.3, 0.4) is 0 Å². The van der Waals surface area contributed by atoms with Crippen LogP contribution in [0.2, 0.25) is 0 Å². The number of carbonyl (C=O) groups is 4. The number of aromatic hydroxyl groups is 3. The Hall–Kier alpha value is -6.52. The minimum absolute atomic E-state index is 0.0285. The standard InChI is InChI=1S/C15H24N2.C14H29N3O.3C13H21NO.C12H25N3O.C12H24N2O2.C11H22N2O2.C9H16O2.C8H18N2/c1-15(2,3)17-11-9-16(10-12-17)13-14-7-5-4-6-8-14;1-14(2,3)17-8-6-15(7-9-17)4-5-16-10-12-18-13-11-16;1-13(2,3)8-9-14-10-11-4-6-12(15)7-5-11;1-13(2,3)7-8-14-10-11-5-4-6-12(15)9-11;1-13(2,3)8-9-14-10-11-6-4-5-7-12(11)15;1-12(2,3)15-8-6-14(7-9-15)10-11(16)13(4)5;1-12(2,3)14-7-5-10(6-8-14)13-9-11(15)16-4;1-11(2,3)13-7-5-12(6-8-13)9-10(14)15-4;1-9(2,3)6-7-4-5-8(10)11-7;1-8(2,3)10-6-4-9-5-7-10/h4-8H,9-13H2,1-3H3;4-13H2,1-3H3;4-7,14-15H,8-10H2,1-3H3;4-6,9,14-15H,7-8,10H2,1-3H3;4-7,14-15H,8-10H2,1-3H3;6-10H2,1-5H3;10,13H,5-9H2,1-4H3;5-9H2,1-4H3;7H,4-6H2,1-3H3;9H,4-7H2,1-3H3. The Morgan fingerprint density at radius 2 is 0.777 bits per heavy atom. The lowest BCUT2D eigenvalue weighted by Crippen LogP contribution is -2.54. The molecular weight excluding hydrogens is 1860 g/mol. The predicted molar refractivity (Wildman–Crippen MR) is 618 cm³/mol. The summed E-state index contributed by atoms with van der Waals surface area (Å²) in [4.78, 5) is 73.2. The fourth-order valence-electron chi connectivity index (χ4n) is 17.7. The molecule has 852 valence electrons. The van der Waals surface area contributed by atoms with Crippen LogP contribution < -0.4 is 26.6 Å². The lowest BCUT2D eigenvalue weighted by molar-refractivity contribution is -0.143. The highest BCUT2D eigenvalue weighted by atomic mass is 16.6. The van der Waals surface area contributed by atoms with E-state index in [9.17, 15) is 29.4 Å². The Balaban J connectivity index is 0.000000424. The topological polar surface area (TPSA) is 265 Å². The number of carbonyl (C=O) groups excluding carboxylic acids is 4. The summed E-state index contributed by atoms with van der Waals surface area (Å²) in [6.07, 6.45) is 8.37. The number of methoxy groups -OCH3 is 2. The molecule has 0 spiro atoms. The maximum Gasteiger partial charge on any atom is 0.319 e. The van der Waals surface area contributed by atoms with Crippen molar-refractivity contribution < 1.29 is 53.4 Å². The van der Waals surface area contributed by atoms with Crippen LogP contribution in [0.1, 0.15) is 281 Å². The average Bonchev–Trinajstić information content (AvgIpc) is 0.911. The average molecular weight is 2080 g/mol. The first-order valence-electron chi connectivity index (χ1n) is 56.0. The summed E-state index contributed by atoms with van der Waals surface area (Å²) < 4.78 is 19.7. The van der Waals surface area contributed by atoms with Gasteiger partial charge in [-0.1, -0.05) is 156 Å². The van der Waals surface area contributed by atoms with Crippen LogP contribution in [0.5, 0.6) is 17.2 Å². The van der Waals surface area contributed by atoms with Gasteiger partial charge in [-0.3, -0.25) is 73.1 Å². The molecule has 1 unspecified atom stereocenters. The van der Waals surface area contributed by atoms with Crippen LogP contribution in [0.15, 0.2) is 103 Å². The van der Waals surface area contributed by atoms with E-state index in [0.717, 1.165) is 200 Å². The zero-order valence-electron chi connectivity index (χ0n) is 100. The summed E-state index contributed by atoms with van der Waals surface area (Å²) in [5.41, 5.74) is 7.89. The number of para-hydroxylation sites is 1. The molecule has 0 aliphatic carbocycles. The Labute approximate surface area is 903 Å². The van der Waals surface area contributed by atoms with Gasteiger partial charge in [0.25, 0.3) is 0 Å². The van der Waals surface area contributed by atoms with Crippen molar-refractivity contribution >= 4 is 23.8 Å². The van der Waals surface area contributed by atoms with Crippen LogP contribution >= 0.6 is 0 Å². The van der Waals surface area contributed by atoms with Crippen molar-refractivity contribution in [1.29, 1.82) is 0 Å². The van der Waals surface area contributed by atoms with Gasteiger partial charge in [-0.2, -0.15) is 0 Å². The van der Waals surface area contributed by atoms with Crippen LogP contribution in [-0.2, 0) is 64.3 Å². The molecule has 0 bridgehead atoms. The van der Waals surface area contributed by atoms with Crippen molar-refractivity contribution in [2.45, 2.75) is 331 Å². The van der Waals surface area contributed by atoms with E-state index in [2.05, 4.69) is 328 Å². The third-order valence-corrected chi connectivity index (χ3v) is 27.9. The summed E-state index contributed by atoms with van der Waals surface area (Å²) in [5.74, 6) is 0.889. The van der Waals surface area contributed by atoms with Gasteiger partial charge in [-0.05, 0) is 258 Å². The fourth-order valence-corrected chi connectivity index (χ4v) is 17.7. The number of morpholine rings is 1. The number of benzene rings is 4. The number of hydrogen-bond acceptors (Lipinski definition) is 27. The van der Waals surface area contributed by atoms with E-state index in [-0.39, 0.29) is 52.0 Å². The molecule has 0 radical (unpaired) electrons. The highest BCUT2D eigenvalue weighted by molar-refractivity contribution is 5.77. The first kappa shape index (κ1) is 136. The first-order chi connectivity index (χ1) is 68.8. The fraction of sp³-hybridized carbons (Fsp3) is 0.767. The number of phenols is 3. The number of esters is 3. The molecule has 0 saturated carbocycles. The van der Waals surface area contributed by atoms with E-state index in [1.54, 1.807) is 35.2 Å². The lowest BCUT2D eigenvalue weighted by atomic mass is 9.88. The van der Waals surface area contributed by atoms with Gasteiger partial charge in [-0.15, -0.1) is 0 Å². The second kappa shape index (κ2) is 68.0. The van der Waals surface area contributed by atoms with Gasteiger partial charge in [0, 0.05) is 262 Å². The third kappa shape index (κ3) is 65.2. The molecule has 8 saturated heterocycles. The van der Waals surface area contributed by atoms with Gasteiger partial charge < -0.3 is 65.8 Å². The Morgan fingerprint density at radius 3 is 1.17 bits per heavy atom. The number of likely N-dealkylation sites (tertiary alicyclic amines) is 1. The Bertz CT molecular complexity index is 4140. The first-order valence-corrected chi connectivity index (χ1v) is 56.0. The summed E-state index contributed by atoms with van der Waals surface area (Å²) in [6.45, 7) is 106. The Kier molecular flexibility index (Phi) is 62.3. The van der Waals surface area contributed by atoms with Gasteiger partial charge in [0.05, 0.1) is 47.1 Å². The van der Waals surface area contributed by atoms with E-state index in [0.29, 0.717) is 82.2 Å². The Morgan fingerprint density at radius 1 is 0.392 bits per heavy atom. The number of amides is 1. The maximum absolute atomic E-state index is 11.6. The second-order valence-electron chi connectivity index (χ2n) is 52.2. The van der Waals surface area contributed by atoms with E-state index in [1.165, 1.54) is 110 Å². The van der Waals surface area contributed by atoms with Crippen LogP contribution in [-0.4, -0.2) is 394 Å². The molecule has 28 nitrogen and oxygen atoms in total. The van der Waals surface area contributed by atoms with Gasteiger partial charge in [0.15, 0.2) is 0 Å². The number of piperidine rings is 1. The van der Waals surface area contributed by atoms with Gasteiger partial charge >= 0.3 is 17.9 Å². The zero-order chi connectivity index (χ0) is 111. The third-order valence-electron chi connectivity index (χ3n) is 27.9. The zero-order valence-corrected chi connectivity index (χ0v) is 100. The van der Waals surface area contributed by atoms with Crippen LogP contribution in [0.4, 0.5) is 0 Å². The molecule has 148 heavy (non-hydrogen) atoms. The molecule has 8 aliphatic heterocycles. The van der Waals surface area contributed by atoms with Crippen LogP contribution in [0.25, 0.3) is 0 Å². The van der Waals surface area contributed by atoms with Gasteiger partial charge in [0.2, 0.25) is 5.91 Å². The minimum Gasteiger partial charge on any atom is -0.508 e. The molecule has 8 fully saturated rings. The molecule has 4 aromatic rings. The molecular formula is C120H221N17O11. The number of ether oxygens (including phenoxy) is 4. The molecule has 8 aliphatic rings. The molecule has 1 atom stereocenters. The van der Waals surface area contributed by atoms with Crippen molar-refractivity contribution in [2.24, 2.45) is 21.7 Å². The van der Waals surface area contributed by atoms with E-state index in [4.69, 9.17) is 14.6 Å². The quantitative estimate of drug-likeness (QED) is 0.0174. The predicted octanol–water partition coefficient (Wildman–Crippen LogP) is 17.0. The van der Waals surface area contributed by atoms with Crippen molar-refractivity contribution in [3.8, 4) is 17.2 Å². The number of piperazine rings is 5. The largest absolute Gasteiger partial charge is 0.508 e.